The second kappa shape index (κ2) is 3.54. The second-order valence-electron chi connectivity index (χ2n) is 3.22. The van der Waals surface area contributed by atoms with Crippen LogP contribution >= 0.6 is 11.3 Å². The molecule has 2 nitrogen and oxygen atoms in total. The van der Waals surface area contributed by atoms with E-state index in [9.17, 15) is 0 Å². The lowest BCUT2D eigenvalue weighted by Crippen LogP contribution is -2.11. The summed E-state index contributed by atoms with van der Waals surface area (Å²) in [6.07, 6.45) is 2.70. The van der Waals surface area contributed by atoms with Gasteiger partial charge in [0.25, 0.3) is 0 Å². The van der Waals surface area contributed by atoms with E-state index in [1.807, 2.05) is 5.51 Å². The second-order valence-corrected chi connectivity index (χ2v) is 4.15. The van der Waals surface area contributed by atoms with Gasteiger partial charge in [-0.15, -0.1) is 11.3 Å². The van der Waals surface area contributed by atoms with Crippen LogP contribution in [0.15, 0.2) is 5.51 Å². The SMILES string of the molecule is CCNCc1scnc1C1CC1. The highest BCUT2D eigenvalue weighted by atomic mass is 32.1. The van der Waals surface area contributed by atoms with Gasteiger partial charge in [0.1, 0.15) is 0 Å². The fraction of sp³-hybridized carbons (Fsp3) is 0.667. The summed E-state index contributed by atoms with van der Waals surface area (Å²) < 4.78 is 0. The van der Waals surface area contributed by atoms with Crippen molar-refractivity contribution in [2.24, 2.45) is 0 Å². The first-order chi connectivity index (χ1) is 5.92. The fourth-order valence-electron chi connectivity index (χ4n) is 1.34. The largest absolute Gasteiger partial charge is 0.312 e. The smallest absolute Gasteiger partial charge is 0.0798 e. The zero-order valence-corrected chi connectivity index (χ0v) is 8.16. The summed E-state index contributed by atoms with van der Waals surface area (Å²) in [5.74, 6) is 0.796. The predicted octanol–water partition coefficient (Wildman–Crippen LogP) is 2.13. The Hall–Kier alpha value is -0.410. The molecule has 1 N–H and O–H groups in total. The first kappa shape index (κ1) is 8.20. The highest BCUT2D eigenvalue weighted by molar-refractivity contribution is 7.09. The molecule has 0 spiro atoms. The molecule has 0 atom stereocenters. The monoisotopic (exact) mass is 182 g/mol. The van der Waals surface area contributed by atoms with Crippen molar-refractivity contribution in [3.63, 3.8) is 0 Å². The molecular formula is C9H14N2S. The minimum absolute atomic E-state index is 0.796. The number of nitrogens with one attached hydrogen (secondary N) is 1. The Morgan fingerprint density at radius 3 is 3.17 bits per heavy atom. The molecule has 0 aliphatic heterocycles. The number of thiazole rings is 1. The number of aromatic nitrogens is 1. The minimum Gasteiger partial charge on any atom is -0.312 e. The summed E-state index contributed by atoms with van der Waals surface area (Å²) >= 11 is 1.78. The molecule has 0 bridgehead atoms. The molecule has 0 amide bonds. The number of rotatable bonds is 4. The van der Waals surface area contributed by atoms with Crippen molar-refractivity contribution >= 4 is 11.3 Å². The molecule has 0 unspecified atom stereocenters. The molecule has 1 saturated carbocycles. The Morgan fingerprint density at radius 2 is 2.50 bits per heavy atom. The molecule has 66 valence electrons. The van der Waals surface area contributed by atoms with E-state index in [0.29, 0.717) is 0 Å². The molecule has 0 saturated heterocycles. The lowest BCUT2D eigenvalue weighted by molar-refractivity contribution is 0.727. The summed E-state index contributed by atoms with van der Waals surface area (Å²) in [6, 6.07) is 0. The van der Waals surface area contributed by atoms with Crippen LogP contribution in [-0.2, 0) is 6.54 Å². The fourth-order valence-corrected chi connectivity index (χ4v) is 2.16. The van der Waals surface area contributed by atoms with Crippen LogP contribution in [0.25, 0.3) is 0 Å². The standard InChI is InChI=1S/C9H14N2S/c1-2-10-5-8-9(7-3-4-7)11-6-12-8/h6-7,10H,2-5H2,1H3. The third-order valence-electron chi connectivity index (χ3n) is 2.17. The van der Waals surface area contributed by atoms with E-state index in [1.165, 1.54) is 23.4 Å². The van der Waals surface area contributed by atoms with E-state index in [-0.39, 0.29) is 0 Å². The van der Waals surface area contributed by atoms with Crippen LogP contribution in [0.4, 0.5) is 0 Å². The Morgan fingerprint density at radius 1 is 1.67 bits per heavy atom. The van der Waals surface area contributed by atoms with Gasteiger partial charge in [0.15, 0.2) is 0 Å². The molecule has 12 heavy (non-hydrogen) atoms. The lowest BCUT2D eigenvalue weighted by atomic mass is 10.2. The summed E-state index contributed by atoms with van der Waals surface area (Å²) in [5.41, 5.74) is 3.33. The van der Waals surface area contributed by atoms with Gasteiger partial charge in [-0.2, -0.15) is 0 Å². The molecule has 3 heteroatoms. The zero-order chi connectivity index (χ0) is 8.39. The third-order valence-corrected chi connectivity index (χ3v) is 3.02. The molecular weight excluding hydrogens is 168 g/mol. The van der Waals surface area contributed by atoms with E-state index in [2.05, 4.69) is 17.2 Å². The van der Waals surface area contributed by atoms with Gasteiger partial charge in [0.2, 0.25) is 0 Å². The van der Waals surface area contributed by atoms with Crippen LogP contribution in [0.5, 0.6) is 0 Å². The third kappa shape index (κ3) is 1.67. The van der Waals surface area contributed by atoms with Crippen molar-refractivity contribution in [1.29, 1.82) is 0 Å². The van der Waals surface area contributed by atoms with Gasteiger partial charge in [0, 0.05) is 17.3 Å². The molecule has 1 fully saturated rings. The van der Waals surface area contributed by atoms with E-state index >= 15 is 0 Å². The van der Waals surface area contributed by atoms with Crippen molar-refractivity contribution in [2.45, 2.75) is 32.2 Å². The first-order valence-corrected chi connectivity index (χ1v) is 5.42. The lowest BCUT2D eigenvalue weighted by Gasteiger charge is -2.00. The summed E-state index contributed by atoms with van der Waals surface area (Å²) in [6.45, 7) is 4.19. The highest BCUT2D eigenvalue weighted by Crippen LogP contribution is 2.41. The van der Waals surface area contributed by atoms with Crippen molar-refractivity contribution in [2.75, 3.05) is 6.54 Å². The maximum Gasteiger partial charge on any atom is 0.0798 e. The topological polar surface area (TPSA) is 24.9 Å². The maximum atomic E-state index is 4.41. The van der Waals surface area contributed by atoms with Crippen molar-refractivity contribution in [3.05, 3.63) is 16.1 Å². The molecule has 1 aromatic rings. The van der Waals surface area contributed by atoms with Gasteiger partial charge in [-0.1, -0.05) is 6.92 Å². The Kier molecular flexibility index (Phi) is 2.42. The van der Waals surface area contributed by atoms with E-state index in [1.54, 1.807) is 11.3 Å². The van der Waals surface area contributed by atoms with Crippen LogP contribution < -0.4 is 5.32 Å². The number of hydrogen-bond donors (Lipinski definition) is 1. The van der Waals surface area contributed by atoms with E-state index in [4.69, 9.17) is 0 Å². The summed E-state index contributed by atoms with van der Waals surface area (Å²) in [7, 11) is 0. The van der Waals surface area contributed by atoms with E-state index in [0.717, 1.165) is 19.0 Å². The van der Waals surface area contributed by atoms with Crippen LogP contribution in [0.2, 0.25) is 0 Å². The molecule has 1 aliphatic rings. The molecule has 1 aromatic heterocycles. The minimum atomic E-state index is 0.796. The Balaban J connectivity index is 2.03. The van der Waals surface area contributed by atoms with Gasteiger partial charge in [-0.05, 0) is 19.4 Å². The Bertz CT molecular complexity index is 253. The van der Waals surface area contributed by atoms with Crippen molar-refractivity contribution in [3.8, 4) is 0 Å². The molecule has 1 aliphatic carbocycles. The summed E-state index contributed by atoms with van der Waals surface area (Å²) in [5, 5.41) is 3.34. The highest BCUT2D eigenvalue weighted by Gasteiger charge is 2.27. The number of hydrogen-bond acceptors (Lipinski definition) is 3. The normalized spacial score (nSPS) is 16.8. The van der Waals surface area contributed by atoms with Gasteiger partial charge < -0.3 is 5.32 Å². The first-order valence-electron chi connectivity index (χ1n) is 4.54. The van der Waals surface area contributed by atoms with Gasteiger partial charge in [-0.25, -0.2) is 4.98 Å². The van der Waals surface area contributed by atoms with Gasteiger partial charge in [-0.3, -0.25) is 0 Å². The van der Waals surface area contributed by atoms with Gasteiger partial charge >= 0.3 is 0 Å². The van der Waals surface area contributed by atoms with Crippen LogP contribution in [0.1, 0.15) is 36.3 Å². The van der Waals surface area contributed by atoms with Gasteiger partial charge in [0.05, 0.1) is 11.2 Å². The molecule has 1 heterocycles. The van der Waals surface area contributed by atoms with Crippen LogP contribution in [0.3, 0.4) is 0 Å². The average Bonchev–Trinajstić information content (AvgIpc) is 2.83. The van der Waals surface area contributed by atoms with Crippen LogP contribution in [-0.4, -0.2) is 11.5 Å². The Labute approximate surface area is 77.0 Å². The quantitative estimate of drug-likeness (QED) is 0.771. The molecule has 2 rings (SSSR count). The molecule has 0 radical (unpaired) electrons. The molecule has 0 aromatic carbocycles. The summed E-state index contributed by atoms with van der Waals surface area (Å²) in [4.78, 5) is 5.85. The predicted molar refractivity (Wildman–Crippen MR) is 51.5 cm³/mol. The zero-order valence-electron chi connectivity index (χ0n) is 7.34. The van der Waals surface area contributed by atoms with Crippen molar-refractivity contribution in [1.82, 2.24) is 10.3 Å². The van der Waals surface area contributed by atoms with Crippen LogP contribution in [0, 0.1) is 0 Å². The van der Waals surface area contributed by atoms with E-state index < -0.39 is 0 Å². The number of nitrogens with zero attached hydrogens (tertiary/aromatic N) is 1. The average molecular weight is 182 g/mol. The maximum absolute atomic E-state index is 4.41. The van der Waals surface area contributed by atoms with Crippen molar-refractivity contribution < 1.29 is 0 Å².